The fraction of sp³-hybridized carbons (Fsp3) is 0.312. The Bertz CT molecular complexity index is 792. The van der Waals surface area contributed by atoms with Crippen molar-refractivity contribution in [3.63, 3.8) is 0 Å². The molecule has 0 atom stereocenters. The summed E-state index contributed by atoms with van der Waals surface area (Å²) in [6.45, 7) is 1.78. The Morgan fingerprint density at radius 3 is 2.62 bits per heavy atom. The number of aryl methyl sites for hydroxylation is 1. The first-order valence-corrected chi connectivity index (χ1v) is 7.35. The molecule has 8 heteroatoms. The monoisotopic (exact) mass is 332 g/mol. The van der Waals surface area contributed by atoms with Crippen LogP contribution in [0.1, 0.15) is 23.2 Å². The molecule has 0 saturated heterocycles. The highest BCUT2D eigenvalue weighted by Gasteiger charge is 2.08. The second-order valence-corrected chi connectivity index (χ2v) is 5.09. The summed E-state index contributed by atoms with van der Waals surface area (Å²) >= 11 is 0. The van der Waals surface area contributed by atoms with Gasteiger partial charge in [0.2, 0.25) is 5.91 Å². The minimum absolute atomic E-state index is 0.172. The summed E-state index contributed by atoms with van der Waals surface area (Å²) in [7, 11) is 3.11. The lowest BCUT2D eigenvalue weighted by Crippen LogP contribution is -2.19. The van der Waals surface area contributed by atoms with E-state index < -0.39 is 0 Å². The first-order chi connectivity index (χ1) is 11.5. The second-order valence-electron chi connectivity index (χ2n) is 5.09. The number of benzene rings is 1. The van der Waals surface area contributed by atoms with Crippen LogP contribution in [0, 0.1) is 6.92 Å². The molecular weight excluding hydrogens is 312 g/mol. The fourth-order valence-corrected chi connectivity index (χ4v) is 2.18. The first-order valence-electron chi connectivity index (χ1n) is 7.35. The van der Waals surface area contributed by atoms with E-state index in [4.69, 9.17) is 9.47 Å². The van der Waals surface area contributed by atoms with Gasteiger partial charge in [-0.1, -0.05) is 0 Å². The van der Waals surface area contributed by atoms with Gasteiger partial charge in [0.05, 0.1) is 20.4 Å². The van der Waals surface area contributed by atoms with Crippen LogP contribution in [-0.2, 0) is 11.2 Å². The number of hydrogen-bond donors (Lipinski definition) is 3. The molecule has 8 nitrogen and oxygen atoms in total. The Hall–Kier alpha value is -3.03. The summed E-state index contributed by atoms with van der Waals surface area (Å²) in [5, 5.41) is 9.11. The topological polar surface area (TPSA) is 109 Å². The molecule has 24 heavy (non-hydrogen) atoms. The van der Waals surface area contributed by atoms with E-state index in [0.717, 1.165) is 11.3 Å². The maximum atomic E-state index is 11.8. The molecule has 1 heterocycles. The van der Waals surface area contributed by atoms with Crippen LogP contribution in [-0.4, -0.2) is 36.5 Å². The third-order valence-electron chi connectivity index (χ3n) is 3.50. The molecule has 0 saturated carbocycles. The predicted molar refractivity (Wildman–Crippen MR) is 89.8 cm³/mol. The quantitative estimate of drug-likeness (QED) is 0.521. The lowest BCUT2D eigenvalue weighted by molar-refractivity contribution is -0.121. The van der Waals surface area contributed by atoms with E-state index in [9.17, 15) is 9.59 Å². The van der Waals surface area contributed by atoms with Crippen molar-refractivity contribution in [2.24, 2.45) is 5.10 Å². The molecule has 1 aromatic heterocycles. The van der Waals surface area contributed by atoms with Crippen molar-refractivity contribution in [1.29, 1.82) is 0 Å². The number of carbonyl (C=O) groups is 1. The summed E-state index contributed by atoms with van der Waals surface area (Å²) in [4.78, 5) is 23.3. The van der Waals surface area contributed by atoms with Gasteiger partial charge in [0.15, 0.2) is 11.5 Å². The summed E-state index contributed by atoms with van der Waals surface area (Å²) < 4.78 is 10.3. The van der Waals surface area contributed by atoms with Gasteiger partial charge in [0.25, 0.3) is 5.56 Å². The Balaban J connectivity index is 1.89. The number of nitrogens with one attached hydrogen (secondary N) is 3. The highest BCUT2D eigenvalue weighted by atomic mass is 16.5. The van der Waals surface area contributed by atoms with Crippen LogP contribution in [0.25, 0.3) is 0 Å². The summed E-state index contributed by atoms with van der Waals surface area (Å²) in [6.07, 6.45) is 2.03. The average molecular weight is 332 g/mol. The third-order valence-corrected chi connectivity index (χ3v) is 3.50. The van der Waals surface area contributed by atoms with E-state index in [2.05, 4.69) is 20.7 Å². The molecular formula is C16H20N4O4. The van der Waals surface area contributed by atoms with Crippen LogP contribution < -0.4 is 20.5 Å². The lowest BCUT2D eigenvalue weighted by atomic mass is 10.1. The predicted octanol–water partition coefficient (Wildman–Crippen LogP) is 1.11. The van der Waals surface area contributed by atoms with Crippen molar-refractivity contribution >= 4 is 12.1 Å². The van der Waals surface area contributed by atoms with Crippen LogP contribution in [0.15, 0.2) is 28.1 Å². The van der Waals surface area contributed by atoms with Crippen LogP contribution in [0.4, 0.5) is 0 Å². The number of hydrazone groups is 1. The summed E-state index contributed by atoms with van der Waals surface area (Å²) in [5.41, 5.74) is 4.31. The normalized spacial score (nSPS) is 10.8. The zero-order valence-corrected chi connectivity index (χ0v) is 13.8. The number of methoxy groups -OCH3 is 2. The minimum atomic E-state index is -0.272. The van der Waals surface area contributed by atoms with Crippen LogP contribution in [0.5, 0.6) is 11.5 Å². The number of aromatic amines is 2. The maximum absolute atomic E-state index is 11.8. The number of hydrogen-bond acceptors (Lipinski definition) is 5. The van der Waals surface area contributed by atoms with E-state index >= 15 is 0 Å². The van der Waals surface area contributed by atoms with Crippen LogP contribution >= 0.6 is 0 Å². The lowest BCUT2D eigenvalue weighted by Gasteiger charge is -2.07. The zero-order valence-electron chi connectivity index (χ0n) is 13.8. The average Bonchev–Trinajstić information content (AvgIpc) is 2.91. The molecule has 0 aliphatic heterocycles. The Morgan fingerprint density at radius 1 is 1.25 bits per heavy atom. The van der Waals surface area contributed by atoms with Gasteiger partial charge in [-0.3, -0.25) is 14.7 Å². The van der Waals surface area contributed by atoms with Crippen molar-refractivity contribution in [2.75, 3.05) is 14.2 Å². The number of aromatic nitrogens is 2. The molecule has 3 N–H and O–H groups in total. The van der Waals surface area contributed by atoms with Crippen molar-refractivity contribution in [2.45, 2.75) is 19.8 Å². The molecule has 0 aliphatic carbocycles. The minimum Gasteiger partial charge on any atom is -0.493 e. The van der Waals surface area contributed by atoms with E-state index in [0.29, 0.717) is 23.5 Å². The number of rotatable bonds is 7. The Morgan fingerprint density at radius 2 is 2.00 bits per heavy atom. The Labute approximate surface area is 138 Å². The third kappa shape index (κ3) is 4.25. The van der Waals surface area contributed by atoms with Gasteiger partial charge in [-0.2, -0.15) is 5.10 Å². The molecule has 0 unspecified atom stereocenters. The molecule has 1 amide bonds. The van der Waals surface area contributed by atoms with Gasteiger partial charge in [0.1, 0.15) is 0 Å². The van der Waals surface area contributed by atoms with E-state index in [1.165, 1.54) is 6.21 Å². The molecule has 0 fully saturated rings. The van der Waals surface area contributed by atoms with Crippen molar-refractivity contribution in [1.82, 2.24) is 15.6 Å². The van der Waals surface area contributed by atoms with Crippen LogP contribution in [0.3, 0.4) is 0 Å². The molecule has 128 valence electrons. The SMILES string of the molecule is COc1ccc(C=NNC(=O)CCc2c(C)[nH][nH]c2=O)cc1OC. The zero-order chi connectivity index (χ0) is 17.5. The molecule has 2 rings (SSSR count). The molecule has 0 radical (unpaired) electrons. The van der Waals surface area contributed by atoms with Crippen molar-refractivity contribution in [3.05, 3.63) is 45.4 Å². The standard InChI is InChI=1S/C16H20N4O4/c1-10-12(16(22)20-18-10)5-7-15(21)19-17-9-11-4-6-13(23-2)14(8-11)24-3/h4,6,8-9H,5,7H2,1-3H3,(H,19,21)(H2,18,20,22). The van der Waals surface area contributed by atoms with E-state index in [1.54, 1.807) is 39.3 Å². The van der Waals surface area contributed by atoms with Crippen molar-refractivity contribution in [3.8, 4) is 11.5 Å². The summed E-state index contributed by atoms with van der Waals surface area (Å²) in [5.74, 6) is 0.924. The highest BCUT2D eigenvalue weighted by Crippen LogP contribution is 2.26. The Kier molecular flexibility index (Phi) is 5.78. The smallest absolute Gasteiger partial charge is 0.267 e. The van der Waals surface area contributed by atoms with Gasteiger partial charge < -0.3 is 14.6 Å². The number of nitrogens with zero attached hydrogens (tertiary/aromatic N) is 1. The fourth-order valence-electron chi connectivity index (χ4n) is 2.18. The molecule has 0 spiro atoms. The number of H-pyrrole nitrogens is 2. The van der Waals surface area contributed by atoms with Gasteiger partial charge in [0, 0.05) is 17.7 Å². The van der Waals surface area contributed by atoms with Crippen molar-refractivity contribution < 1.29 is 14.3 Å². The van der Waals surface area contributed by atoms with Gasteiger partial charge in [-0.25, -0.2) is 5.43 Å². The van der Waals surface area contributed by atoms with Gasteiger partial charge >= 0.3 is 0 Å². The molecule has 1 aromatic carbocycles. The second kappa shape index (κ2) is 8.00. The van der Waals surface area contributed by atoms with Crippen LogP contribution in [0.2, 0.25) is 0 Å². The largest absolute Gasteiger partial charge is 0.493 e. The number of carbonyl (C=O) groups excluding carboxylic acids is 1. The van der Waals surface area contributed by atoms with E-state index in [1.807, 2.05) is 0 Å². The molecule has 0 aliphatic rings. The van der Waals surface area contributed by atoms with Gasteiger partial charge in [-0.15, -0.1) is 0 Å². The summed E-state index contributed by atoms with van der Waals surface area (Å²) in [6, 6.07) is 5.29. The highest BCUT2D eigenvalue weighted by molar-refractivity contribution is 5.83. The van der Waals surface area contributed by atoms with Gasteiger partial charge in [-0.05, 0) is 37.1 Å². The number of amides is 1. The molecule has 0 bridgehead atoms. The van der Waals surface area contributed by atoms with E-state index in [-0.39, 0.29) is 17.9 Å². The first kappa shape index (κ1) is 17.3. The molecule has 2 aromatic rings. The number of ether oxygens (including phenoxy) is 2. The maximum Gasteiger partial charge on any atom is 0.267 e.